The molecule has 1 amide bonds. The predicted molar refractivity (Wildman–Crippen MR) is 76.8 cm³/mol. The first-order chi connectivity index (χ1) is 11.4. The van der Waals surface area contributed by atoms with Crippen molar-refractivity contribution in [2.75, 3.05) is 13.1 Å². The lowest BCUT2D eigenvalue weighted by Crippen LogP contribution is -2.39. The Hall–Kier alpha value is -2.39. The minimum absolute atomic E-state index is 0.0363. The summed E-state index contributed by atoms with van der Waals surface area (Å²) in [5.41, 5.74) is -0.497. The number of aryl methyl sites for hydroxylation is 1. The van der Waals surface area contributed by atoms with Gasteiger partial charge in [-0.1, -0.05) is 0 Å². The fourth-order valence-corrected chi connectivity index (χ4v) is 2.86. The molecule has 1 unspecified atom stereocenters. The number of piperidine rings is 1. The number of alkyl halides is 3. The molecule has 3 heterocycles. The second-order valence-corrected chi connectivity index (χ2v) is 5.79. The van der Waals surface area contributed by atoms with E-state index < -0.39 is 11.9 Å². The van der Waals surface area contributed by atoms with E-state index in [1.54, 1.807) is 9.58 Å². The third-order valence-electron chi connectivity index (χ3n) is 4.12. The second kappa shape index (κ2) is 6.62. The van der Waals surface area contributed by atoms with Crippen LogP contribution >= 0.6 is 0 Å². The number of aromatic amines is 1. The minimum atomic E-state index is -4.46. The summed E-state index contributed by atoms with van der Waals surface area (Å²) in [5, 5.41) is 9.73. The molecule has 1 saturated heterocycles. The third-order valence-corrected chi connectivity index (χ3v) is 4.12. The molecular formula is C14H17F3N6O. The first-order valence-electron chi connectivity index (χ1n) is 7.66. The van der Waals surface area contributed by atoms with E-state index in [1.165, 1.54) is 12.7 Å². The molecule has 0 spiro atoms. The van der Waals surface area contributed by atoms with Crippen molar-refractivity contribution >= 4 is 5.91 Å². The number of aromatic nitrogens is 5. The number of carbonyl (C=O) groups is 1. The summed E-state index contributed by atoms with van der Waals surface area (Å²) in [7, 11) is 0. The molecule has 130 valence electrons. The van der Waals surface area contributed by atoms with Gasteiger partial charge in [-0.15, -0.1) is 0 Å². The van der Waals surface area contributed by atoms with Crippen LogP contribution < -0.4 is 0 Å². The number of rotatable bonds is 4. The lowest BCUT2D eigenvalue weighted by molar-refractivity contribution is -0.141. The van der Waals surface area contributed by atoms with Gasteiger partial charge in [0, 0.05) is 31.1 Å². The third kappa shape index (κ3) is 3.74. The Kier molecular flexibility index (Phi) is 4.54. The van der Waals surface area contributed by atoms with Crippen LogP contribution in [-0.2, 0) is 17.5 Å². The van der Waals surface area contributed by atoms with Crippen LogP contribution in [0.15, 0.2) is 18.7 Å². The molecule has 0 aromatic carbocycles. The van der Waals surface area contributed by atoms with Crippen molar-refractivity contribution in [3.63, 3.8) is 0 Å². The van der Waals surface area contributed by atoms with E-state index in [4.69, 9.17) is 0 Å². The van der Waals surface area contributed by atoms with Crippen molar-refractivity contribution in [3.8, 4) is 0 Å². The van der Waals surface area contributed by atoms with E-state index in [2.05, 4.69) is 20.3 Å². The number of H-pyrrole nitrogens is 1. The highest BCUT2D eigenvalue weighted by atomic mass is 19.4. The highest BCUT2D eigenvalue weighted by molar-refractivity contribution is 5.76. The maximum atomic E-state index is 12.6. The number of carbonyl (C=O) groups excluding carboxylic acids is 1. The van der Waals surface area contributed by atoms with Crippen LogP contribution in [0.3, 0.4) is 0 Å². The van der Waals surface area contributed by atoms with Gasteiger partial charge in [-0.05, 0) is 18.9 Å². The lowest BCUT2D eigenvalue weighted by atomic mass is 9.94. The number of likely N-dealkylation sites (tertiary alicyclic amines) is 1. The molecule has 1 aliphatic rings. The monoisotopic (exact) mass is 342 g/mol. The molecule has 2 aromatic rings. The topological polar surface area (TPSA) is 79.7 Å². The summed E-state index contributed by atoms with van der Waals surface area (Å²) >= 11 is 0. The van der Waals surface area contributed by atoms with Crippen molar-refractivity contribution in [2.45, 2.75) is 37.9 Å². The van der Waals surface area contributed by atoms with Gasteiger partial charge in [-0.3, -0.25) is 14.6 Å². The Morgan fingerprint density at radius 3 is 2.92 bits per heavy atom. The van der Waals surface area contributed by atoms with Gasteiger partial charge in [0.25, 0.3) is 0 Å². The molecule has 7 nitrogen and oxygen atoms in total. The van der Waals surface area contributed by atoms with Crippen molar-refractivity contribution in [2.24, 2.45) is 0 Å². The van der Waals surface area contributed by atoms with Crippen LogP contribution in [0.1, 0.15) is 36.6 Å². The Morgan fingerprint density at radius 2 is 2.25 bits per heavy atom. The molecule has 24 heavy (non-hydrogen) atoms. The molecular weight excluding hydrogens is 325 g/mol. The SMILES string of the molecule is O=C(CCn1cncn1)N1CCCC(c2cc(C(F)(F)F)n[nH]2)C1. The highest BCUT2D eigenvalue weighted by Crippen LogP contribution is 2.32. The fraction of sp³-hybridized carbons (Fsp3) is 0.571. The van der Waals surface area contributed by atoms with Crippen molar-refractivity contribution in [1.29, 1.82) is 0 Å². The molecule has 0 aliphatic carbocycles. The molecule has 0 bridgehead atoms. The van der Waals surface area contributed by atoms with Crippen LogP contribution in [0.5, 0.6) is 0 Å². The largest absolute Gasteiger partial charge is 0.435 e. The van der Waals surface area contributed by atoms with Crippen LogP contribution in [0, 0.1) is 0 Å². The molecule has 1 fully saturated rings. The van der Waals surface area contributed by atoms with Gasteiger partial charge in [-0.2, -0.15) is 23.4 Å². The van der Waals surface area contributed by atoms with Gasteiger partial charge >= 0.3 is 6.18 Å². The smallest absolute Gasteiger partial charge is 0.342 e. The normalized spacial score (nSPS) is 18.8. The molecule has 1 atom stereocenters. The zero-order valence-corrected chi connectivity index (χ0v) is 12.8. The molecule has 0 saturated carbocycles. The van der Waals surface area contributed by atoms with Crippen LogP contribution in [0.25, 0.3) is 0 Å². The van der Waals surface area contributed by atoms with E-state index in [0.29, 0.717) is 25.3 Å². The zero-order valence-electron chi connectivity index (χ0n) is 12.8. The summed E-state index contributed by atoms with van der Waals surface area (Å²) in [6.45, 7) is 1.45. The van der Waals surface area contributed by atoms with Crippen LogP contribution in [0.2, 0.25) is 0 Å². The molecule has 0 radical (unpaired) electrons. The molecule has 3 rings (SSSR count). The van der Waals surface area contributed by atoms with Crippen molar-refractivity contribution < 1.29 is 18.0 Å². The van der Waals surface area contributed by atoms with E-state index >= 15 is 0 Å². The fourth-order valence-electron chi connectivity index (χ4n) is 2.86. The van der Waals surface area contributed by atoms with Gasteiger partial charge in [0.1, 0.15) is 12.7 Å². The van der Waals surface area contributed by atoms with Gasteiger partial charge < -0.3 is 4.90 Å². The Morgan fingerprint density at radius 1 is 1.42 bits per heavy atom. The summed E-state index contributed by atoms with van der Waals surface area (Å²) in [4.78, 5) is 17.8. The summed E-state index contributed by atoms with van der Waals surface area (Å²) in [6, 6.07) is 1.04. The van der Waals surface area contributed by atoms with E-state index in [0.717, 1.165) is 18.9 Å². The first kappa shape index (κ1) is 16.5. The van der Waals surface area contributed by atoms with Crippen molar-refractivity contribution in [3.05, 3.63) is 30.1 Å². The van der Waals surface area contributed by atoms with E-state index in [9.17, 15) is 18.0 Å². The lowest BCUT2D eigenvalue weighted by Gasteiger charge is -2.32. The number of nitrogens with zero attached hydrogens (tertiary/aromatic N) is 5. The summed E-state index contributed by atoms with van der Waals surface area (Å²) in [5.74, 6) is -0.191. The number of hydrogen-bond donors (Lipinski definition) is 1. The van der Waals surface area contributed by atoms with E-state index in [1.807, 2.05) is 0 Å². The maximum absolute atomic E-state index is 12.6. The maximum Gasteiger partial charge on any atom is 0.435 e. The van der Waals surface area contributed by atoms with Gasteiger partial charge in [0.05, 0.1) is 6.54 Å². The first-order valence-corrected chi connectivity index (χ1v) is 7.66. The molecule has 1 aliphatic heterocycles. The molecule has 1 N–H and O–H groups in total. The van der Waals surface area contributed by atoms with Gasteiger partial charge in [0.2, 0.25) is 5.91 Å². The Balaban J connectivity index is 1.59. The second-order valence-electron chi connectivity index (χ2n) is 5.79. The van der Waals surface area contributed by atoms with Crippen molar-refractivity contribution in [1.82, 2.24) is 29.9 Å². The van der Waals surface area contributed by atoms with Crippen LogP contribution in [-0.4, -0.2) is 48.9 Å². The number of nitrogens with one attached hydrogen (secondary N) is 1. The zero-order chi connectivity index (χ0) is 17.2. The Bertz CT molecular complexity index is 681. The number of amides is 1. The van der Waals surface area contributed by atoms with Crippen LogP contribution in [0.4, 0.5) is 13.2 Å². The average Bonchev–Trinajstić information content (AvgIpc) is 3.23. The summed E-state index contributed by atoms with van der Waals surface area (Å²) < 4.78 is 39.5. The quantitative estimate of drug-likeness (QED) is 0.919. The number of halogens is 3. The predicted octanol–water partition coefficient (Wildman–Crippen LogP) is 1.82. The van der Waals surface area contributed by atoms with Gasteiger partial charge in [-0.25, -0.2) is 4.98 Å². The highest BCUT2D eigenvalue weighted by Gasteiger charge is 2.35. The Labute approximate surface area is 135 Å². The minimum Gasteiger partial charge on any atom is -0.342 e. The molecule has 2 aromatic heterocycles. The summed E-state index contributed by atoms with van der Waals surface area (Å²) in [6.07, 6.45) is 0.240. The van der Waals surface area contributed by atoms with Gasteiger partial charge in [0.15, 0.2) is 5.69 Å². The molecule has 10 heteroatoms. The number of hydrogen-bond acceptors (Lipinski definition) is 4. The average molecular weight is 342 g/mol. The standard InChI is InChI=1S/C14H17F3N6O/c15-14(16,17)12-6-11(20-21-12)10-2-1-4-22(7-10)13(24)3-5-23-9-18-8-19-23/h6,8-10H,1-5,7H2,(H,20,21). The van der Waals surface area contributed by atoms with E-state index in [-0.39, 0.29) is 18.2 Å².